The van der Waals surface area contributed by atoms with Crippen molar-refractivity contribution < 1.29 is 9.84 Å². The van der Waals surface area contributed by atoms with Gasteiger partial charge in [-0.3, -0.25) is 0 Å². The molecule has 2 aliphatic carbocycles. The maximum atomic E-state index is 10.9. The molecule has 0 aromatic heterocycles. The van der Waals surface area contributed by atoms with Gasteiger partial charge in [0, 0.05) is 12.0 Å². The highest BCUT2D eigenvalue weighted by Crippen LogP contribution is 2.53. The van der Waals surface area contributed by atoms with Crippen molar-refractivity contribution >= 4 is 0 Å². The van der Waals surface area contributed by atoms with Gasteiger partial charge in [-0.15, -0.1) is 0 Å². The van der Waals surface area contributed by atoms with E-state index in [1.165, 1.54) is 38.5 Å². The van der Waals surface area contributed by atoms with Crippen LogP contribution in [0.2, 0.25) is 0 Å². The summed E-state index contributed by atoms with van der Waals surface area (Å²) in [5.41, 5.74) is 6.04. The van der Waals surface area contributed by atoms with Crippen LogP contribution in [0.3, 0.4) is 0 Å². The lowest BCUT2D eigenvalue weighted by atomic mass is 9.64. The van der Waals surface area contributed by atoms with E-state index in [9.17, 15) is 5.11 Å². The van der Waals surface area contributed by atoms with Crippen LogP contribution in [0.25, 0.3) is 0 Å². The quantitative estimate of drug-likeness (QED) is 0.488. The molecule has 0 saturated heterocycles. The topological polar surface area (TPSA) is 55.5 Å². The molecule has 2 rings (SSSR count). The minimum Gasteiger partial charge on any atom is -0.392 e. The number of aliphatic hydroxyl groups excluding tert-OH is 1. The summed E-state index contributed by atoms with van der Waals surface area (Å²) >= 11 is 0. The predicted molar refractivity (Wildman–Crippen MR) is 115 cm³/mol. The van der Waals surface area contributed by atoms with Crippen LogP contribution >= 0.6 is 0 Å². The molecule has 0 heterocycles. The van der Waals surface area contributed by atoms with Crippen LogP contribution in [-0.2, 0) is 4.74 Å². The SMILES string of the molecule is CC[C@H](OCCCN)[C@@]1(C)C(C(C)CCC2CCCCC2(C)C)CC[C@@H]1O. The van der Waals surface area contributed by atoms with Gasteiger partial charge >= 0.3 is 0 Å². The predicted octanol–water partition coefficient (Wildman–Crippen LogP) is 5.54. The van der Waals surface area contributed by atoms with Crippen molar-refractivity contribution in [3.8, 4) is 0 Å². The maximum absolute atomic E-state index is 10.9. The van der Waals surface area contributed by atoms with Crippen molar-refractivity contribution in [2.75, 3.05) is 13.2 Å². The fourth-order valence-electron chi connectivity index (χ4n) is 6.37. The highest BCUT2D eigenvalue weighted by Gasteiger charge is 2.52. The maximum Gasteiger partial charge on any atom is 0.0653 e. The molecule has 2 aliphatic rings. The molecule has 3 unspecified atom stereocenters. The molecule has 0 amide bonds. The van der Waals surface area contributed by atoms with E-state index < -0.39 is 0 Å². The molecule has 3 N–H and O–H groups in total. The van der Waals surface area contributed by atoms with E-state index in [0.29, 0.717) is 30.4 Å². The fraction of sp³-hybridized carbons (Fsp3) is 1.00. The van der Waals surface area contributed by atoms with Crippen molar-refractivity contribution in [1.82, 2.24) is 0 Å². The van der Waals surface area contributed by atoms with Crippen LogP contribution in [-0.4, -0.2) is 30.5 Å². The summed E-state index contributed by atoms with van der Waals surface area (Å²) < 4.78 is 6.26. The number of nitrogens with two attached hydrogens (primary N) is 1. The summed E-state index contributed by atoms with van der Waals surface area (Å²) in [7, 11) is 0. The van der Waals surface area contributed by atoms with E-state index >= 15 is 0 Å². The third-order valence-electron chi connectivity index (χ3n) is 8.39. The van der Waals surface area contributed by atoms with Crippen molar-refractivity contribution in [3.63, 3.8) is 0 Å². The molecule has 0 aliphatic heterocycles. The third-order valence-corrected chi connectivity index (χ3v) is 8.39. The average Bonchev–Trinajstić information content (AvgIpc) is 2.93. The Hall–Kier alpha value is -0.120. The second kappa shape index (κ2) is 10.1. The first-order chi connectivity index (χ1) is 12.8. The lowest BCUT2D eigenvalue weighted by Crippen LogP contribution is -2.47. The van der Waals surface area contributed by atoms with Crippen LogP contribution in [0, 0.1) is 28.6 Å². The molecule has 0 aromatic rings. The highest BCUT2D eigenvalue weighted by atomic mass is 16.5. The minimum atomic E-state index is -0.237. The molecule has 0 aromatic carbocycles. The summed E-state index contributed by atoms with van der Waals surface area (Å²) in [5, 5.41) is 10.9. The molecule has 6 atom stereocenters. The summed E-state index contributed by atoms with van der Waals surface area (Å²) in [6, 6.07) is 0. The Labute approximate surface area is 168 Å². The minimum absolute atomic E-state index is 0.120. The van der Waals surface area contributed by atoms with Crippen LogP contribution in [0.1, 0.15) is 98.8 Å². The Balaban J connectivity index is 2.01. The highest BCUT2D eigenvalue weighted by molar-refractivity contribution is 5.01. The van der Waals surface area contributed by atoms with Gasteiger partial charge in [0.15, 0.2) is 0 Å². The Kier molecular flexibility index (Phi) is 8.64. The van der Waals surface area contributed by atoms with Crippen LogP contribution < -0.4 is 5.73 Å². The van der Waals surface area contributed by atoms with Crippen LogP contribution in [0.5, 0.6) is 0 Å². The Morgan fingerprint density at radius 1 is 1.15 bits per heavy atom. The smallest absolute Gasteiger partial charge is 0.0653 e. The molecule has 2 fully saturated rings. The average molecular weight is 382 g/mol. The van der Waals surface area contributed by atoms with Gasteiger partial charge in [0.05, 0.1) is 12.2 Å². The summed E-state index contributed by atoms with van der Waals surface area (Å²) in [5.74, 6) is 2.08. The monoisotopic (exact) mass is 381 g/mol. The number of ether oxygens (including phenoxy) is 1. The summed E-state index contributed by atoms with van der Waals surface area (Å²) in [6.45, 7) is 13.3. The first-order valence-corrected chi connectivity index (χ1v) is 11.8. The van der Waals surface area contributed by atoms with Crippen LogP contribution in [0.15, 0.2) is 0 Å². The molecule has 0 bridgehead atoms. The molecular weight excluding hydrogens is 334 g/mol. The second-order valence-electron chi connectivity index (χ2n) is 10.5. The summed E-state index contributed by atoms with van der Waals surface area (Å²) in [6.07, 6.45) is 12.1. The number of hydrogen-bond donors (Lipinski definition) is 2. The Bertz CT molecular complexity index is 438. The zero-order valence-electron chi connectivity index (χ0n) is 18.8. The largest absolute Gasteiger partial charge is 0.392 e. The van der Waals surface area contributed by atoms with Gasteiger partial charge in [0.25, 0.3) is 0 Å². The molecule has 0 spiro atoms. The first kappa shape index (κ1) is 23.2. The number of rotatable bonds is 10. The number of hydrogen-bond acceptors (Lipinski definition) is 3. The van der Waals surface area contributed by atoms with Crippen molar-refractivity contribution in [2.24, 2.45) is 34.3 Å². The normalized spacial score (nSPS) is 35.9. The van der Waals surface area contributed by atoms with Gasteiger partial charge in [-0.2, -0.15) is 0 Å². The van der Waals surface area contributed by atoms with E-state index in [2.05, 4.69) is 34.6 Å². The third kappa shape index (κ3) is 5.28. The van der Waals surface area contributed by atoms with Gasteiger partial charge in [0.2, 0.25) is 0 Å². The fourth-order valence-corrected chi connectivity index (χ4v) is 6.37. The molecule has 0 radical (unpaired) electrons. The van der Waals surface area contributed by atoms with E-state index in [-0.39, 0.29) is 17.6 Å². The van der Waals surface area contributed by atoms with Crippen molar-refractivity contribution in [2.45, 2.75) is 111 Å². The molecule has 160 valence electrons. The molecule has 3 heteroatoms. The molecule has 2 saturated carbocycles. The second-order valence-corrected chi connectivity index (χ2v) is 10.5. The lowest BCUT2D eigenvalue weighted by Gasteiger charge is -2.44. The van der Waals surface area contributed by atoms with Crippen molar-refractivity contribution in [1.29, 1.82) is 0 Å². The zero-order chi connectivity index (χ0) is 20.1. The molecular formula is C24H47NO2. The Morgan fingerprint density at radius 3 is 2.52 bits per heavy atom. The van der Waals surface area contributed by atoms with Gasteiger partial charge in [-0.1, -0.05) is 53.9 Å². The van der Waals surface area contributed by atoms with Crippen molar-refractivity contribution in [3.05, 3.63) is 0 Å². The first-order valence-electron chi connectivity index (χ1n) is 11.8. The van der Waals surface area contributed by atoms with E-state index in [4.69, 9.17) is 10.5 Å². The van der Waals surface area contributed by atoms with E-state index in [1.54, 1.807) is 0 Å². The molecule has 3 nitrogen and oxygen atoms in total. The zero-order valence-corrected chi connectivity index (χ0v) is 18.8. The van der Waals surface area contributed by atoms with Crippen LogP contribution in [0.4, 0.5) is 0 Å². The summed E-state index contributed by atoms with van der Waals surface area (Å²) in [4.78, 5) is 0. The van der Waals surface area contributed by atoms with Gasteiger partial charge in [-0.25, -0.2) is 0 Å². The van der Waals surface area contributed by atoms with E-state index in [0.717, 1.165) is 31.6 Å². The Morgan fingerprint density at radius 2 is 1.89 bits per heavy atom. The lowest BCUT2D eigenvalue weighted by molar-refractivity contribution is -0.111. The van der Waals surface area contributed by atoms with E-state index in [1.807, 2.05) is 0 Å². The standard InChI is InChI=1S/C24H47NO2/c1-6-22(27-17-9-16-25)24(5)20(13-14-21(24)26)18(2)11-12-19-10-7-8-15-23(19,3)4/h18-22,26H,6-17,25H2,1-5H3/t18?,19?,20?,21-,22-,24-/m0/s1. The van der Waals surface area contributed by atoms with Gasteiger partial charge in [0.1, 0.15) is 0 Å². The number of aliphatic hydroxyl groups is 1. The molecule has 27 heavy (non-hydrogen) atoms. The van der Waals surface area contributed by atoms with Gasteiger partial charge in [-0.05, 0) is 74.7 Å². The van der Waals surface area contributed by atoms with Gasteiger partial charge < -0.3 is 15.6 Å².